The largest absolute Gasteiger partial charge is 0.478 e. The molecule has 0 atom stereocenters. The van der Waals surface area contributed by atoms with Crippen molar-refractivity contribution in [2.24, 2.45) is 0 Å². The van der Waals surface area contributed by atoms with Crippen LogP contribution in [-0.4, -0.2) is 16.1 Å². The van der Waals surface area contributed by atoms with E-state index in [2.05, 4.69) is 4.98 Å². The van der Waals surface area contributed by atoms with E-state index in [-0.39, 0.29) is 5.56 Å². The number of thioether (sulfide) groups is 1. The molecular formula is C13H11ClN2O2S. The molecule has 0 aliphatic carbocycles. The van der Waals surface area contributed by atoms with Crippen LogP contribution in [-0.2, 0) is 5.75 Å². The molecule has 3 N–H and O–H groups in total. The van der Waals surface area contributed by atoms with Gasteiger partial charge in [-0.3, -0.25) is 0 Å². The average Bonchev–Trinajstić information content (AvgIpc) is 2.39. The van der Waals surface area contributed by atoms with Crippen LogP contribution in [0.15, 0.2) is 41.6 Å². The van der Waals surface area contributed by atoms with Gasteiger partial charge in [0.1, 0.15) is 5.03 Å². The molecule has 1 aromatic carbocycles. The van der Waals surface area contributed by atoms with Crippen LogP contribution < -0.4 is 5.73 Å². The number of halogens is 1. The zero-order valence-electron chi connectivity index (χ0n) is 9.84. The minimum absolute atomic E-state index is 0.0830. The second-order valence-electron chi connectivity index (χ2n) is 3.80. The van der Waals surface area contributed by atoms with Crippen molar-refractivity contribution in [1.29, 1.82) is 0 Å². The second kappa shape index (κ2) is 5.95. The molecule has 2 aromatic rings. The molecule has 0 amide bonds. The molecule has 4 nitrogen and oxygen atoms in total. The van der Waals surface area contributed by atoms with Gasteiger partial charge in [0.15, 0.2) is 0 Å². The molecule has 0 saturated heterocycles. The molecule has 0 bridgehead atoms. The molecule has 0 aliphatic rings. The molecule has 19 heavy (non-hydrogen) atoms. The normalized spacial score (nSPS) is 10.4. The first-order valence-corrected chi connectivity index (χ1v) is 6.79. The summed E-state index contributed by atoms with van der Waals surface area (Å²) in [6, 6.07) is 8.93. The molecule has 6 heteroatoms. The highest BCUT2D eigenvalue weighted by molar-refractivity contribution is 7.98. The lowest BCUT2D eigenvalue weighted by Gasteiger charge is -2.06. The van der Waals surface area contributed by atoms with Crippen molar-refractivity contribution in [1.82, 2.24) is 4.98 Å². The smallest absolute Gasteiger partial charge is 0.337 e. The fourth-order valence-electron chi connectivity index (χ4n) is 1.47. The number of hydrogen-bond acceptors (Lipinski definition) is 4. The minimum Gasteiger partial charge on any atom is -0.478 e. The van der Waals surface area contributed by atoms with Crippen LogP contribution >= 0.6 is 23.4 Å². The number of nitrogen functional groups attached to an aromatic ring is 1. The fraction of sp³-hybridized carbons (Fsp3) is 0.0769. The fourth-order valence-corrected chi connectivity index (χ4v) is 2.65. The van der Waals surface area contributed by atoms with Crippen molar-refractivity contribution >= 4 is 35.0 Å². The number of nitrogens with zero attached hydrogens (tertiary/aromatic N) is 1. The van der Waals surface area contributed by atoms with Gasteiger partial charge in [-0.15, -0.1) is 0 Å². The highest BCUT2D eigenvalue weighted by Crippen LogP contribution is 2.29. The van der Waals surface area contributed by atoms with Gasteiger partial charge in [0, 0.05) is 17.0 Å². The van der Waals surface area contributed by atoms with Crippen molar-refractivity contribution in [2.75, 3.05) is 5.73 Å². The van der Waals surface area contributed by atoms with Crippen molar-refractivity contribution in [3.05, 3.63) is 52.7 Å². The summed E-state index contributed by atoms with van der Waals surface area (Å²) in [4.78, 5) is 14.8. The molecule has 0 spiro atoms. The first-order valence-electron chi connectivity index (χ1n) is 5.43. The summed E-state index contributed by atoms with van der Waals surface area (Å²) in [6.07, 6.45) is 1.30. The van der Waals surface area contributed by atoms with Crippen LogP contribution in [0.3, 0.4) is 0 Å². The van der Waals surface area contributed by atoms with E-state index in [1.54, 1.807) is 0 Å². The van der Waals surface area contributed by atoms with Crippen molar-refractivity contribution < 1.29 is 9.90 Å². The highest BCUT2D eigenvalue weighted by atomic mass is 35.5. The molecular weight excluding hydrogens is 284 g/mol. The summed E-state index contributed by atoms with van der Waals surface area (Å²) in [5, 5.41) is 10.1. The van der Waals surface area contributed by atoms with Crippen LogP contribution in [0.4, 0.5) is 5.69 Å². The Morgan fingerprint density at radius 3 is 2.79 bits per heavy atom. The highest BCUT2D eigenvalue weighted by Gasteiger charge is 2.09. The standard InChI is InChI=1S/C13H11ClN2O2S/c14-10-4-2-1-3-8(10)7-19-12-11(15)5-9(6-16-12)13(17)18/h1-6H,7,15H2,(H,17,18). The summed E-state index contributed by atoms with van der Waals surface area (Å²) in [7, 11) is 0. The van der Waals surface area contributed by atoms with E-state index in [1.807, 2.05) is 24.3 Å². The predicted octanol–water partition coefficient (Wildman–Crippen LogP) is 3.31. The summed E-state index contributed by atoms with van der Waals surface area (Å²) < 4.78 is 0. The Morgan fingerprint density at radius 1 is 1.42 bits per heavy atom. The third-order valence-corrected chi connectivity index (χ3v) is 3.89. The number of carboxylic acids is 1. The summed E-state index contributed by atoms with van der Waals surface area (Å²) in [6.45, 7) is 0. The van der Waals surface area contributed by atoms with Crippen LogP contribution in [0.2, 0.25) is 5.02 Å². The summed E-state index contributed by atoms with van der Waals surface area (Å²) in [5.74, 6) is -0.412. The third kappa shape index (κ3) is 3.39. The van der Waals surface area contributed by atoms with Gasteiger partial charge in [0.05, 0.1) is 11.3 Å². The Hall–Kier alpha value is -1.72. The lowest BCUT2D eigenvalue weighted by molar-refractivity contribution is 0.0696. The van der Waals surface area contributed by atoms with Crippen molar-refractivity contribution in [3.8, 4) is 0 Å². The van der Waals surface area contributed by atoms with Gasteiger partial charge in [0.25, 0.3) is 0 Å². The van der Waals surface area contributed by atoms with Crippen molar-refractivity contribution in [3.63, 3.8) is 0 Å². The van der Waals surface area contributed by atoms with E-state index in [1.165, 1.54) is 24.0 Å². The zero-order chi connectivity index (χ0) is 13.8. The van der Waals surface area contributed by atoms with Crippen LogP contribution in [0.25, 0.3) is 0 Å². The van der Waals surface area contributed by atoms with Gasteiger partial charge < -0.3 is 10.8 Å². The number of anilines is 1. The van der Waals surface area contributed by atoms with Gasteiger partial charge in [-0.2, -0.15) is 0 Å². The lowest BCUT2D eigenvalue weighted by Crippen LogP contribution is -2.01. The molecule has 0 saturated carbocycles. The summed E-state index contributed by atoms with van der Waals surface area (Å²) in [5.41, 5.74) is 7.21. The Balaban J connectivity index is 2.12. The SMILES string of the molecule is Nc1cc(C(=O)O)cnc1SCc1ccccc1Cl. The predicted molar refractivity (Wildman–Crippen MR) is 76.6 cm³/mol. The Morgan fingerprint density at radius 2 is 2.16 bits per heavy atom. The number of benzene rings is 1. The molecule has 0 fully saturated rings. The van der Waals surface area contributed by atoms with Gasteiger partial charge in [-0.05, 0) is 17.7 Å². The second-order valence-corrected chi connectivity index (χ2v) is 5.17. The van der Waals surface area contributed by atoms with E-state index >= 15 is 0 Å². The molecule has 2 rings (SSSR count). The lowest BCUT2D eigenvalue weighted by atomic mass is 10.2. The summed E-state index contributed by atoms with van der Waals surface area (Å²) >= 11 is 7.48. The monoisotopic (exact) mass is 294 g/mol. The van der Waals surface area contributed by atoms with Gasteiger partial charge in [0.2, 0.25) is 0 Å². The van der Waals surface area contributed by atoms with Crippen LogP contribution in [0.5, 0.6) is 0 Å². The zero-order valence-corrected chi connectivity index (χ0v) is 11.4. The number of hydrogen-bond donors (Lipinski definition) is 2. The molecule has 1 aromatic heterocycles. The number of nitrogens with two attached hydrogens (primary N) is 1. The Kier molecular flexibility index (Phi) is 4.29. The average molecular weight is 295 g/mol. The van der Waals surface area contributed by atoms with E-state index in [0.717, 1.165) is 5.56 Å². The maximum absolute atomic E-state index is 10.8. The van der Waals surface area contributed by atoms with Gasteiger partial charge >= 0.3 is 5.97 Å². The van der Waals surface area contributed by atoms with E-state index < -0.39 is 5.97 Å². The van der Waals surface area contributed by atoms with Crippen molar-refractivity contribution in [2.45, 2.75) is 10.8 Å². The number of aromatic carboxylic acids is 1. The van der Waals surface area contributed by atoms with E-state index in [0.29, 0.717) is 21.5 Å². The molecule has 1 heterocycles. The molecule has 98 valence electrons. The van der Waals surface area contributed by atoms with Crippen LogP contribution in [0, 0.1) is 0 Å². The molecule has 0 unspecified atom stereocenters. The van der Waals surface area contributed by atoms with Gasteiger partial charge in [-0.25, -0.2) is 9.78 Å². The number of pyridine rings is 1. The first kappa shape index (κ1) is 13.7. The first-order chi connectivity index (χ1) is 9.08. The quantitative estimate of drug-likeness (QED) is 0.846. The Labute approximate surface area is 119 Å². The van der Waals surface area contributed by atoms with Gasteiger partial charge in [-0.1, -0.05) is 41.6 Å². The number of carbonyl (C=O) groups is 1. The molecule has 0 aliphatic heterocycles. The topological polar surface area (TPSA) is 76.2 Å². The van der Waals surface area contributed by atoms with E-state index in [9.17, 15) is 4.79 Å². The van der Waals surface area contributed by atoms with Crippen LogP contribution in [0.1, 0.15) is 15.9 Å². The maximum Gasteiger partial charge on any atom is 0.337 e. The third-order valence-electron chi connectivity index (χ3n) is 2.45. The number of aromatic nitrogens is 1. The molecule has 0 radical (unpaired) electrons. The maximum atomic E-state index is 10.8. The minimum atomic E-state index is -1.04. The van der Waals surface area contributed by atoms with E-state index in [4.69, 9.17) is 22.4 Å². The number of rotatable bonds is 4. The number of carboxylic acid groups (broad SMARTS) is 1. The Bertz CT molecular complexity index is 619.